The number of hydrogen-bond donors (Lipinski definition) is 0. The van der Waals surface area contributed by atoms with Crippen molar-refractivity contribution in [1.29, 1.82) is 0 Å². The van der Waals surface area contributed by atoms with Crippen LogP contribution in [0.1, 0.15) is 20.3 Å². The van der Waals surface area contributed by atoms with E-state index in [0.29, 0.717) is 19.5 Å². The predicted molar refractivity (Wildman–Crippen MR) is 63.8 cm³/mol. The summed E-state index contributed by atoms with van der Waals surface area (Å²) < 4.78 is 22.6. The maximum Gasteiger partial charge on any atom is 0.227 e. The Kier molecular flexibility index (Phi) is 4.13. The molecule has 1 rings (SSSR count). The molecule has 1 fully saturated rings. The van der Waals surface area contributed by atoms with Gasteiger partial charge in [-0.25, -0.2) is 8.42 Å². The molecule has 5 heteroatoms. The van der Waals surface area contributed by atoms with Crippen LogP contribution in [-0.2, 0) is 14.6 Å². The number of nitrogens with zero attached hydrogens (tertiary/aromatic N) is 1. The number of sulfone groups is 1. The summed E-state index contributed by atoms with van der Waals surface area (Å²) in [6.07, 6.45) is 0.466. The summed E-state index contributed by atoms with van der Waals surface area (Å²) in [6.45, 7) is 8.64. The van der Waals surface area contributed by atoms with Crippen molar-refractivity contribution in [2.45, 2.75) is 20.3 Å². The van der Waals surface area contributed by atoms with Gasteiger partial charge in [-0.15, -0.1) is 0 Å². The maximum absolute atomic E-state index is 12.0. The zero-order valence-electron chi connectivity index (χ0n) is 9.90. The molecule has 0 bridgehead atoms. The Balaban J connectivity index is 2.66. The topological polar surface area (TPSA) is 54.5 Å². The lowest BCUT2D eigenvalue weighted by molar-refractivity contribution is -0.134. The van der Waals surface area contributed by atoms with E-state index in [4.69, 9.17) is 0 Å². The first-order valence-electron chi connectivity index (χ1n) is 5.49. The Morgan fingerprint density at radius 3 is 2.50 bits per heavy atom. The molecule has 1 atom stereocenters. The molecule has 4 nitrogen and oxygen atoms in total. The molecule has 1 aliphatic rings. The van der Waals surface area contributed by atoms with E-state index < -0.39 is 9.84 Å². The third-order valence-corrected chi connectivity index (χ3v) is 4.50. The summed E-state index contributed by atoms with van der Waals surface area (Å²) in [7, 11) is -2.98. The first kappa shape index (κ1) is 13.2. The minimum atomic E-state index is -2.98. The van der Waals surface area contributed by atoms with E-state index >= 15 is 0 Å². The van der Waals surface area contributed by atoms with Crippen LogP contribution in [0.4, 0.5) is 0 Å². The number of amides is 1. The molecule has 0 unspecified atom stereocenters. The molecule has 0 aromatic rings. The van der Waals surface area contributed by atoms with E-state index in [1.54, 1.807) is 4.90 Å². The van der Waals surface area contributed by atoms with Crippen molar-refractivity contribution >= 4 is 15.7 Å². The molecular formula is C11H19NO3S. The van der Waals surface area contributed by atoms with Crippen molar-refractivity contribution in [3.05, 3.63) is 12.2 Å². The molecular weight excluding hydrogens is 226 g/mol. The largest absolute Gasteiger partial charge is 0.339 e. The van der Waals surface area contributed by atoms with Crippen LogP contribution < -0.4 is 0 Å². The average Bonchev–Trinajstić information content (AvgIpc) is 2.54. The molecule has 0 aromatic carbocycles. The zero-order chi connectivity index (χ0) is 12.3. The summed E-state index contributed by atoms with van der Waals surface area (Å²) >= 11 is 0. The lowest BCUT2D eigenvalue weighted by Gasteiger charge is -2.23. The van der Waals surface area contributed by atoms with E-state index in [1.807, 2.05) is 13.8 Å². The number of carbonyl (C=O) groups is 1. The second-order valence-electron chi connectivity index (χ2n) is 4.41. The zero-order valence-corrected chi connectivity index (χ0v) is 10.7. The predicted octanol–water partition coefficient (Wildman–Crippen LogP) is 0.846. The maximum atomic E-state index is 12.0. The summed E-state index contributed by atoms with van der Waals surface area (Å²) in [5, 5.41) is 0. The lowest BCUT2D eigenvalue weighted by atomic mass is 10.1. The second kappa shape index (κ2) is 4.99. The Bertz CT molecular complexity index is 386. The quantitative estimate of drug-likeness (QED) is 0.690. The van der Waals surface area contributed by atoms with E-state index in [0.717, 1.165) is 5.57 Å². The highest BCUT2D eigenvalue weighted by atomic mass is 32.2. The second-order valence-corrected chi connectivity index (χ2v) is 6.64. The molecule has 1 heterocycles. The van der Waals surface area contributed by atoms with Gasteiger partial charge < -0.3 is 4.90 Å². The Morgan fingerprint density at radius 1 is 1.50 bits per heavy atom. The van der Waals surface area contributed by atoms with Gasteiger partial charge in [-0.3, -0.25) is 4.79 Å². The van der Waals surface area contributed by atoms with E-state index in [1.165, 1.54) is 0 Å². The van der Waals surface area contributed by atoms with Crippen LogP contribution in [0.5, 0.6) is 0 Å². The van der Waals surface area contributed by atoms with Gasteiger partial charge >= 0.3 is 0 Å². The van der Waals surface area contributed by atoms with Gasteiger partial charge in [0.15, 0.2) is 9.84 Å². The van der Waals surface area contributed by atoms with Crippen LogP contribution in [-0.4, -0.2) is 43.8 Å². The highest BCUT2D eigenvalue weighted by Gasteiger charge is 2.34. The summed E-state index contributed by atoms with van der Waals surface area (Å²) in [5.74, 6) is -0.233. The van der Waals surface area contributed by atoms with Crippen LogP contribution >= 0.6 is 0 Å². The third-order valence-electron chi connectivity index (χ3n) is 2.74. The Hall–Kier alpha value is -0.840. The highest BCUT2D eigenvalue weighted by Crippen LogP contribution is 2.20. The third kappa shape index (κ3) is 3.33. The van der Waals surface area contributed by atoms with Crippen molar-refractivity contribution in [3.8, 4) is 0 Å². The molecule has 1 saturated heterocycles. The monoisotopic (exact) mass is 245 g/mol. The van der Waals surface area contributed by atoms with Gasteiger partial charge in [0, 0.05) is 13.1 Å². The van der Waals surface area contributed by atoms with Gasteiger partial charge in [-0.1, -0.05) is 12.2 Å². The van der Waals surface area contributed by atoms with Crippen LogP contribution in [0.3, 0.4) is 0 Å². The molecule has 16 heavy (non-hydrogen) atoms. The van der Waals surface area contributed by atoms with Crippen LogP contribution in [0, 0.1) is 5.92 Å². The van der Waals surface area contributed by atoms with Gasteiger partial charge in [0.25, 0.3) is 0 Å². The molecule has 1 aliphatic heterocycles. The fourth-order valence-corrected chi connectivity index (χ4v) is 3.65. The smallest absolute Gasteiger partial charge is 0.227 e. The minimum Gasteiger partial charge on any atom is -0.339 e. The number of carbonyl (C=O) groups excluding carboxylic acids is 1. The van der Waals surface area contributed by atoms with Crippen molar-refractivity contribution in [2.24, 2.45) is 5.92 Å². The lowest BCUT2D eigenvalue weighted by Crippen LogP contribution is -2.37. The average molecular weight is 245 g/mol. The normalized spacial score (nSPS) is 23.0. The minimum absolute atomic E-state index is 0.0124. The summed E-state index contributed by atoms with van der Waals surface area (Å²) in [5.41, 5.74) is 0.913. The first-order valence-corrected chi connectivity index (χ1v) is 7.31. The number of likely N-dealkylation sites (N-methyl/N-ethyl adjacent to an activating group) is 1. The van der Waals surface area contributed by atoms with Gasteiger partial charge in [0.05, 0.1) is 17.4 Å². The molecule has 0 radical (unpaired) electrons. The molecule has 0 saturated carbocycles. The summed E-state index contributed by atoms with van der Waals surface area (Å²) in [4.78, 5) is 13.7. The number of hydrogen-bond acceptors (Lipinski definition) is 3. The first-order chi connectivity index (χ1) is 7.35. The Labute approximate surface area is 97.2 Å². The van der Waals surface area contributed by atoms with Gasteiger partial charge in [0.2, 0.25) is 5.91 Å². The molecule has 0 aromatic heterocycles. The highest BCUT2D eigenvalue weighted by molar-refractivity contribution is 7.91. The van der Waals surface area contributed by atoms with Crippen LogP contribution in [0.2, 0.25) is 0 Å². The molecule has 92 valence electrons. The van der Waals surface area contributed by atoms with Crippen molar-refractivity contribution < 1.29 is 13.2 Å². The fourth-order valence-electron chi connectivity index (χ4n) is 1.92. The van der Waals surface area contributed by atoms with Crippen molar-refractivity contribution in [1.82, 2.24) is 4.90 Å². The van der Waals surface area contributed by atoms with Gasteiger partial charge in [0.1, 0.15) is 0 Å². The fraction of sp³-hybridized carbons (Fsp3) is 0.727. The van der Waals surface area contributed by atoms with Gasteiger partial charge in [-0.05, 0) is 20.3 Å². The van der Waals surface area contributed by atoms with Crippen LogP contribution in [0.25, 0.3) is 0 Å². The standard InChI is InChI=1S/C11H19NO3S/c1-4-12(7-9(2)3)11(13)10-5-6-16(14,15)8-10/h10H,2,4-8H2,1,3H3/t10-/m1/s1. The molecule has 0 aliphatic carbocycles. The molecule has 0 spiro atoms. The van der Waals surface area contributed by atoms with Crippen molar-refractivity contribution in [2.75, 3.05) is 24.6 Å². The van der Waals surface area contributed by atoms with E-state index in [2.05, 4.69) is 6.58 Å². The number of rotatable bonds is 4. The van der Waals surface area contributed by atoms with Crippen LogP contribution in [0.15, 0.2) is 12.2 Å². The Morgan fingerprint density at radius 2 is 2.12 bits per heavy atom. The van der Waals surface area contributed by atoms with E-state index in [9.17, 15) is 13.2 Å². The SMILES string of the molecule is C=C(C)CN(CC)C(=O)[C@@H]1CCS(=O)(=O)C1. The van der Waals surface area contributed by atoms with Crippen molar-refractivity contribution in [3.63, 3.8) is 0 Å². The van der Waals surface area contributed by atoms with Gasteiger partial charge in [-0.2, -0.15) is 0 Å². The van der Waals surface area contributed by atoms with E-state index in [-0.39, 0.29) is 23.3 Å². The summed E-state index contributed by atoms with van der Waals surface area (Å²) in [6, 6.07) is 0. The molecule has 1 amide bonds. The molecule has 0 N–H and O–H groups in total.